The van der Waals surface area contributed by atoms with Crippen molar-refractivity contribution in [2.24, 2.45) is 0 Å². The van der Waals surface area contributed by atoms with E-state index in [1.807, 2.05) is 72.8 Å². The standard InChI is InChI=1S/C22H17N3O2/c26-20(13-14-21-24-17-10-4-5-12-19(17)27-21)25-22(16-8-2-1-3-9-16)18-11-6-7-15-23-18/h1-15,22H,(H,25,26)/b14-13+. The molecule has 1 unspecified atom stereocenters. The number of nitrogens with one attached hydrogen (secondary N) is 1. The third-order valence-corrected chi connectivity index (χ3v) is 4.09. The molecule has 0 radical (unpaired) electrons. The molecule has 1 N–H and O–H groups in total. The van der Waals surface area contributed by atoms with Crippen LogP contribution >= 0.6 is 0 Å². The molecule has 0 fully saturated rings. The highest BCUT2D eigenvalue weighted by Crippen LogP contribution is 2.20. The van der Waals surface area contributed by atoms with Crippen LogP contribution in [-0.2, 0) is 4.79 Å². The number of pyridine rings is 1. The summed E-state index contributed by atoms with van der Waals surface area (Å²) in [6, 6.07) is 22.5. The summed E-state index contributed by atoms with van der Waals surface area (Å²) >= 11 is 0. The molecule has 2 aromatic carbocycles. The first-order chi connectivity index (χ1) is 13.3. The Morgan fingerprint density at radius 3 is 2.52 bits per heavy atom. The zero-order valence-electron chi connectivity index (χ0n) is 14.4. The van der Waals surface area contributed by atoms with Crippen LogP contribution in [0.4, 0.5) is 0 Å². The van der Waals surface area contributed by atoms with Crippen LogP contribution < -0.4 is 5.32 Å². The summed E-state index contributed by atoms with van der Waals surface area (Å²) in [6.45, 7) is 0. The Hall–Kier alpha value is -3.73. The summed E-state index contributed by atoms with van der Waals surface area (Å²) in [5.41, 5.74) is 3.17. The predicted octanol–water partition coefficient (Wildman–Crippen LogP) is 4.14. The van der Waals surface area contributed by atoms with E-state index in [1.165, 1.54) is 6.08 Å². The topological polar surface area (TPSA) is 68.0 Å². The summed E-state index contributed by atoms with van der Waals surface area (Å²) in [6.07, 6.45) is 4.70. The number of hydrogen-bond acceptors (Lipinski definition) is 4. The van der Waals surface area contributed by atoms with E-state index in [1.54, 1.807) is 12.3 Å². The van der Waals surface area contributed by atoms with Crippen molar-refractivity contribution in [3.05, 3.63) is 102 Å². The first-order valence-electron chi connectivity index (χ1n) is 8.59. The number of nitrogens with zero attached hydrogens (tertiary/aromatic N) is 2. The minimum atomic E-state index is -0.340. The van der Waals surface area contributed by atoms with Crippen molar-refractivity contribution in [1.82, 2.24) is 15.3 Å². The number of para-hydroxylation sites is 2. The van der Waals surface area contributed by atoms with Gasteiger partial charge >= 0.3 is 0 Å². The molecule has 0 aliphatic rings. The fourth-order valence-corrected chi connectivity index (χ4v) is 2.82. The SMILES string of the molecule is O=C(/C=C/c1nc2ccccc2o1)NC(c1ccccc1)c1ccccn1. The van der Waals surface area contributed by atoms with Gasteiger partial charge < -0.3 is 9.73 Å². The van der Waals surface area contributed by atoms with E-state index in [0.717, 1.165) is 16.8 Å². The molecule has 0 aliphatic heterocycles. The molecule has 1 amide bonds. The van der Waals surface area contributed by atoms with Gasteiger partial charge in [0.05, 0.1) is 11.7 Å². The second-order valence-electron chi connectivity index (χ2n) is 5.96. The number of aromatic nitrogens is 2. The quantitative estimate of drug-likeness (QED) is 0.546. The molecule has 27 heavy (non-hydrogen) atoms. The molecule has 1 atom stereocenters. The van der Waals surface area contributed by atoms with Crippen LogP contribution in [0.3, 0.4) is 0 Å². The van der Waals surface area contributed by atoms with Gasteiger partial charge in [-0.25, -0.2) is 4.98 Å². The second kappa shape index (κ2) is 7.66. The summed E-state index contributed by atoms with van der Waals surface area (Å²) in [5.74, 6) is 0.136. The summed E-state index contributed by atoms with van der Waals surface area (Å²) in [7, 11) is 0. The molecular weight excluding hydrogens is 338 g/mol. The maximum absolute atomic E-state index is 12.5. The molecule has 2 heterocycles. The van der Waals surface area contributed by atoms with Crippen molar-refractivity contribution < 1.29 is 9.21 Å². The lowest BCUT2D eigenvalue weighted by Crippen LogP contribution is -2.28. The summed E-state index contributed by atoms with van der Waals surface area (Å²) in [5, 5.41) is 3.00. The monoisotopic (exact) mass is 355 g/mol. The van der Waals surface area contributed by atoms with Crippen molar-refractivity contribution in [1.29, 1.82) is 0 Å². The van der Waals surface area contributed by atoms with E-state index < -0.39 is 0 Å². The molecule has 4 aromatic rings. The zero-order valence-corrected chi connectivity index (χ0v) is 14.4. The largest absolute Gasteiger partial charge is 0.437 e. The van der Waals surface area contributed by atoms with Crippen molar-refractivity contribution >= 4 is 23.1 Å². The molecule has 0 saturated carbocycles. The van der Waals surface area contributed by atoms with E-state index >= 15 is 0 Å². The lowest BCUT2D eigenvalue weighted by molar-refractivity contribution is -0.116. The first-order valence-corrected chi connectivity index (χ1v) is 8.59. The number of carbonyl (C=O) groups is 1. The molecule has 0 aliphatic carbocycles. The Labute approximate surface area is 156 Å². The molecule has 0 bridgehead atoms. The summed E-state index contributed by atoms with van der Waals surface area (Å²) < 4.78 is 5.60. The van der Waals surface area contributed by atoms with Gasteiger partial charge in [-0.3, -0.25) is 9.78 Å². The van der Waals surface area contributed by atoms with Gasteiger partial charge in [0.1, 0.15) is 5.52 Å². The van der Waals surface area contributed by atoms with Gasteiger partial charge in [0.25, 0.3) is 0 Å². The van der Waals surface area contributed by atoms with Gasteiger partial charge in [0.2, 0.25) is 11.8 Å². The van der Waals surface area contributed by atoms with Crippen LogP contribution in [0.2, 0.25) is 0 Å². The Morgan fingerprint density at radius 2 is 1.74 bits per heavy atom. The molecule has 5 heteroatoms. The van der Waals surface area contributed by atoms with Gasteiger partial charge in [-0.2, -0.15) is 0 Å². The Balaban J connectivity index is 1.54. The highest BCUT2D eigenvalue weighted by molar-refractivity contribution is 5.92. The maximum Gasteiger partial charge on any atom is 0.244 e. The van der Waals surface area contributed by atoms with Crippen molar-refractivity contribution in [3.63, 3.8) is 0 Å². The molecule has 0 spiro atoms. The van der Waals surface area contributed by atoms with Gasteiger partial charge in [0.15, 0.2) is 5.58 Å². The van der Waals surface area contributed by atoms with E-state index in [9.17, 15) is 4.79 Å². The van der Waals surface area contributed by atoms with Crippen molar-refractivity contribution in [3.8, 4) is 0 Å². The number of carbonyl (C=O) groups excluding carboxylic acids is 1. The van der Waals surface area contributed by atoms with Crippen LogP contribution in [0.5, 0.6) is 0 Å². The number of oxazole rings is 1. The lowest BCUT2D eigenvalue weighted by Gasteiger charge is -2.17. The van der Waals surface area contributed by atoms with Crippen LogP contribution in [0.1, 0.15) is 23.2 Å². The van der Waals surface area contributed by atoms with Gasteiger partial charge in [-0.05, 0) is 29.8 Å². The lowest BCUT2D eigenvalue weighted by atomic mass is 10.0. The smallest absolute Gasteiger partial charge is 0.244 e. The van der Waals surface area contributed by atoms with Crippen LogP contribution in [-0.4, -0.2) is 15.9 Å². The minimum Gasteiger partial charge on any atom is -0.437 e. The molecule has 0 saturated heterocycles. The van der Waals surface area contributed by atoms with Gasteiger partial charge in [-0.15, -0.1) is 0 Å². The zero-order chi connectivity index (χ0) is 18.5. The van der Waals surface area contributed by atoms with Gasteiger partial charge in [-0.1, -0.05) is 48.5 Å². The number of fused-ring (bicyclic) bond motifs is 1. The van der Waals surface area contributed by atoms with Crippen molar-refractivity contribution in [2.45, 2.75) is 6.04 Å². The van der Waals surface area contributed by atoms with Crippen LogP contribution in [0.15, 0.2) is 89.5 Å². The molecule has 5 nitrogen and oxygen atoms in total. The number of rotatable bonds is 5. The van der Waals surface area contributed by atoms with E-state index in [-0.39, 0.29) is 11.9 Å². The third-order valence-electron chi connectivity index (χ3n) is 4.09. The Kier molecular flexibility index (Phi) is 4.74. The van der Waals surface area contributed by atoms with E-state index in [0.29, 0.717) is 11.5 Å². The molecule has 2 aromatic heterocycles. The minimum absolute atomic E-state index is 0.253. The number of amides is 1. The van der Waals surface area contributed by atoms with Crippen LogP contribution in [0.25, 0.3) is 17.2 Å². The summed E-state index contributed by atoms with van der Waals surface area (Å²) in [4.78, 5) is 21.2. The molecule has 132 valence electrons. The maximum atomic E-state index is 12.5. The van der Waals surface area contributed by atoms with Gasteiger partial charge in [0, 0.05) is 18.3 Å². The molecular formula is C22H17N3O2. The second-order valence-corrected chi connectivity index (χ2v) is 5.96. The number of hydrogen-bond donors (Lipinski definition) is 1. The van der Waals surface area contributed by atoms with E-state index in [2.05, 4.69) is 15.3 Å². The Bertz CT molecular complexity index is 1000. The highest BCUT2D eigenvalue weighted by Gasteiger charge is 2.16. The predicted molar refractivity (Wildman–Crippen MR) is 104 cm³/mol. The fourth-order valence-electron chi connectivity index (χ4n) is 2.82. The highest BCUT2D eigenvalue weighted by atomic mass is 16.3. The third kappa shape index (κ3) is 3.93. The first kappa shape index (κ1) is 16.7. The molecule has 4 rings (SSSR count). The normalized spacial score (nSPS) is 12.3. The fraction of sp³-hybridized carbons (Fsp3) is 0.0455. The van der Waals surface area contributed by atoms with Crippen molar-refractivity contribution in [2.75, 3.05) is 0 Å². The van der Waals surface area contributed by atoms with Crippen LogP contribution in [0, 0.1) is 0 Å². The average molecular weight is 355 g/mol. The Morgan fingerprint density at radius 1 is 0.963 bits per heavy atom. The van der Waals surface area contributed by atoms with E-state index in [4.69, 9.17) is 4.42 Å². The average Bonchev–Trinajstić information content (AvgIpc) is 3.15. The number of benzene rings is 2.